The van der Waals surface area contributed by atoms with Crippen LogP contribution in [0.2, 0.25) is 0 Å². The van der Waals surface area contributed by atoms with Crippen LogP contribution in [0.15, 0.2) is 0 Å². The lowest BCUT2D eigenvalue weighted by Crippen LogP contribution is -2.12. The highest BCUT2D eigenvalue weighted by Crippen LogP contribution is 2.12. The predicted octanol–water partition coefficient (Wildman–Crippen LogP) is 2.57. The van der Waals surface area contributed by atoms with E-state index in [1.54, 1.807) is 0 Å². The summed E-state index contributed by atoms with van der Waals surface area (Å²) in [5.41, 5.74) is 0. The summed E-state index contributed by atoms with van der Waals surface area (Å²) in [6.45, 7) is 4.40. The van der Waals surface area contributed by atoms with Crippen molar-refractivity contribution in [1.29, 1.82) is 0 Å². The molecule has 0 bridgehead atoms. The van der Waals surface area contributed by atoms with Crippen molar-refractivity contribution in [3.63, 3.8) is 0 Å². The number of hydrogen-bond donors (Lipinski definition) is 1. The molecule has 1 unspecified atom stereocenters. The van der Waals surface area contributed by atoms with Gasteiger partial charge in [0.05, 0.1) is 6.61 Å². The Morgan fingerprint density at radius 3 is 2.46 bits per heavy atom. The fourth-order valence-electron chi connectivity index (χ4n) is 1.06. The van der Waals surface area contributed by atoms with E-state index in [2.05, 4.69) is 11.8 Å². The Kier molecular flexibility index (Phi) is 10.4. The van der Waals surface area contributed by atoms with Gasteiger partial charge in [0.25, 0.3) is 5.09 Å². The standard InChI is InChI=1S/C8H17NO3.H3N/c1-3-5-6-8(4-2)7-12-9(10)11;/h8H,3-7H2,1-2H3;1H3. The van der Waals surface area contributed by atoms with Crippen LogP contribution in [-0.2, 0) is 4.84 Å². The van der Waals surface area contributed by atoms with Crippen LogP contribution >= 0.6 is 0 Å². The van der Waals surface area contributed by atoms with E-state index in [0.29, 0.717) is 5.92 Å². The van der Waals surface area contributed by atoms with Gasteiger partial charge in [0.2, 0.25) is 0 Å². The van der Waals surface area contributed by atoms with E-state index in [-0.39, 0.29) is 12.8 Å². The Morgan fingerprint density at radius 2 is 2.08 bits per heavy atom. The molecule has 80 valence electrons. The second-order valence-electron chi connectivity index (χ2n) is 2.94. The molecule has 0 aliphatic rings. The molecule has 13 heavy (non-hydrogen) atoms. The maximum absolute atomic E-state index is 9.88. The van der Waals surface area contributed by atoms with Crippen molar-refractivity contribution >= 4 is 0 Å². The molecule has 1 atom stereocenters. The molecule has 0 aromatic carbocycles. The molecule has 0 heterocycles. The van der Waals surface area contributed by atoms with Gasteiger partial charge in [-0.2, -0.15) is 0 Å². The molecule has 0 aliphatic heterocycles. The summed E-state index contributed by atoms with van der Waals surface area (Å²) in [5, 5.41) is 9.16. The number of unbranched alkanes of at least 4 members (excludes halogenated alkanes) is 1. The van der Waals surface area contributed by atoms with Gasteiger partial charge in [0, 0.05) is 0 Å². The monoisotopic (exact) mass is 192 g/mol. The van der Waals surface area contributed by atoms with Gasteiger partial charge >= 0.3 is 0 Å². The van der Waals surface area contributed by atoms with Crippen LogP contribution in [0.25, 0.3) is 0 Å². The molecule has 0 rings (SSSR count). The lowest BCUT2D eigenvalue weighted by molar-refractivity contribution is -0.759. The zero-order chi connectivity index (χ0) is 9.40. The van der Waals surface area contributed by atoms with Crippen molar-refractivity contribution in [3.8, 4) is 0 Å². The van der Waals surface area contributed by atoms with Crippen LogP contribution in [0.4, 0.5) is 0 Å². The molecule has 0 saturated carbocycles. The van der Waals surface area contributed by atoms with Crippen LogP contribution in [0.5, 0.6) is 0 Å². The minimum Gasteiger partial charge on any atom is -0.344 e. The van der Waals surface area contributed by atoms with Crippen LogP contribution in [0, 0.1) is 16.0 Å². The summed E-state index contributed by atoms with van der Waals surface area (Å²) < 4.78 is 0. The van der Waals surface area contributed by atoms with Gasteiger partial charge in [0.15, 0.2) is 0 Å². The van der Waals surface area contributed by atoms with E-state index < -0.39 is 5.09 Å². The zero-order valence-electron chi connectivity index (χ0n) is 8.49. The van der Waals surface area contributed by atoms with Crippen molar-refractivity contribution in [2.24, 2.45) is 5.92 Å². The average molecular weight is 192 g/mol. The van der Waals surface area contributed by atoms with Gasteiger partial charge < -0.3 is 11.0 Å². The summed E-state index contributed by atoms with van der Waals surface area (Å²) in [6, 6.07) is 0. The summed E-state index contributed by atoms with van der Waals surface area (Å²) in [5.74, 6) is 0.343. The van der Waals surface area contributed by atoms with E-state index in [9.17, 15) is 10.1 Å². The van der Waals surface area contributed by atoms with E-state index in [4.69, 9.17) is 0 Å². The third kappa shape index (κ3) is 9.07. The largest absolute Gasteiger partial charge is 0.344 e. The van der Waals surface area contributed by atoms with E-state index in [1.807, 2.05) is 6.92 Å². The molecule has 0 radical (unpaired) electrons. The first-order valence-corrected chi connectivity index (χ1v) is 4.48. The first-order valence-electron chi connectivity index (χ1n) is 4.48. The highest BCUT2D eigenvalue weighted by atomic mass is 16.9. The minimum atomic E-state index is -0.714. The second kappa shape index (κ2) is 9.25. The fraction of sp³-hybridized carbons (Fsp3) is 1.00. The number of rotatable bonds is 7. The molecule has 0 amide bonds. The molecule has 0 aliphatic carbocycles. The summed E-state index contributed by atoms with van der Waals surface area (Å²) in [4.78, 5) is 14.2. The average Bonchev–Trinajstić information content (AvgIpc) is 2.05. The first kappa shape index (κ1) is 14.7. The predicted molar refractivity (Wildman–Crippen MR) is 51.3 cm³/mol. The van der Waals surface area contributed by atoms with Crippen molar-refractivity contribution < 1.29 is 9.92 Å². The number of hydrogen-bond acceptors (Lipinski definition) is 4. The van der Waals surface area contributed by atoms with Crippen molar-refractivity contribution in [3.05, 3.63) is 10.1 Å². The van der Waals surface area contributed by atoms with Crippen molar-refractivity contribution in [1.82, 2.24) is 6.15 Å². The van der Waals surface area contributed by atoms with E-state index in [1.165, 1.54) is 0 Å². The lowest BCUT2D eigenvalue weighted by Gasteiger charge is -2.11. The maximum atomic E-state index is 9.88. The topological polar surface area (TPSA) is 87.4 Å². The Hall–Kier alpha value is -0.840. The third-order valence-electron chi connectivity index (χ3n) is 1.96. The fourth-order valence-corrected chi connectivity index (χ4v) is 1.06. The van der Waals surface area contributed by atoms with E-state index in [0.717, 1.165) is 25.7 Å². The molecule has 5 heteroatoms. The molecule has 0 fully saturated rings. The molecule has 3 N–H and O–H groups in total. The van der Waals surface area contributed by atoms with Gasteiger partial charge in [-0.3, -0.25) is 0 Å². The molecule has 0 aromatic rings. The van der Waals surface area contributed by atoms with E-state index >= 15 is 0 Å². The Labute approximate surface area is 79.2 Å². The highest BCUT2D eigenvalue weighted by Gasteiger charge is 2.07. The molecular formula is C8H20N2O3. The van der Waals surface area contributed by atoms with Crippen molar-refractivity contribution in [2.75, 3.05) is 6.61 Å². The smallest absolute Gasteiger partial charge is 0.294 e. The quantitative estimate of drug-likeness (QED) is 0.496. The molecule has 5 nitrogen and oxygen atoms in total. The maximum Gasteiger partial charge on any atom is 0.294 e. The van der Waals surface area contributed by atoms with Crippen LogP contribution < -0.4 is 6.15 Å². The Balaban J connectivity index is 0. The minimum absolute atomic E-state index is 0. The Bertz CT molecular complexity index is 131. The molecule has 0 spiro atoms. The van der Waals surface area contributed by atoms with Gasteiger partial charge in [-0.1, -0.05) is 33.1 Å². The van der Waals surface area contributed by atoms with Crippen LogP contribution in [0.1, 0.15) is 39.5 Å². The zero-order valence-corrected chi connectivity index (χ0v) is 8.49. The SMILES string of the molecule is CCCCC(CC)CO[N+](=O)[O-].N. The van der Waals surface area contributed by atoms with Crippen LogP contribution in [0.3, 0.4) is 0 Å². The molecule has 0 aromatic heterocycles. The normalized spacial score (nSPS) is 11.5. The van der Waals surface area contributed by atoms with Gasteiger partial charge in [0.1, 0.15) is 0 Å². The molecule has 0 saturated heterocycles. The Morgan fingerprint density at radius 1 is 1.46 bits per heavy atom. The van der Waals surface area contributed by atoms with Gasteiger partial charge in [-0.15, -0.1) is 10.1 Å². The van der Waals surface area contributed by atoms with Crippen molar-refractivity contribution in [2.45, 2.75) is 39.5 Å². The molecular weight excluding hydrogens is 172 g/mol. The second-order valence-corrected chi connectivity index (χ2v) is 2.94. The first-order chi connectivity index (χ1) is 5.70. The summed E-state index contributed by atoms with van der Waals surface area (Å²) >= 11 is 0. The van der Waals surface area contributed by atoms with Gasteiger partial charge in [-0.05, 0) is 12.3 Å². The summed E-state index contributed by atoms with van der Waals surface area (Å²) in [6.07, 6.45) is 4.24. The third-order valence-corrected chi connectivity index (χ3v) is 1.96. The van der Waals surface area contributed by atoms with Gasteiger partial charge in [-0.25, -0.2) is 0 Å². The summed E-state index contributed by atoms with van der Waals surface area (Å²) in [7, 11) is 0. The highest BCUT2D eigenvalue weighted by molar-refractivity contribution is 4.54. The number of nitrogens with zero attached hydrogens (tertiary/aromatic N) is 1. The lowest BCUT2D eigenvalue weighted by atomic mass is 10.0. The van der Waals surface area contributed by atoms with Crippen LogP contribution in [-0.4, -0.2) is 11.7 Å².